The molecule has 1 amide bonds. The lowest BCUT2D eigenvalue weighted by Crippen LogP contribution is -2.12. The van der Waals surface area contributed by atoms with Gasteiger partial charge in [0.25, 0.3) is 5.91 Å². The maximum Gasteiger partial charge on any atom is 0.255 e. The van der Waals surface area contributed by atoms with E-state index in [-0.39, 0.29) is 26.4 Å². The van der Waals surface area contributed by atoms with Gasteiger partial charge in [0.2, 0.25) is 0 Å². The van der Waals surface area contributed by atoms with Gasteiger partial charge in [0.1, 0.15) is 11.0 Å². The molecule has 0 bridgehead atoms. The van der Waals surface area contributed by atoms with E-state index in [9.17, 15) is 9.18 Å². The van der Waals surface area contributed by atoms with Crippen LogP contribution in [0.25, 0.3) is 0 Å². The number of pyridine rings is 1. The molecule has 1 aromatic heterocycles. The van der Waals surface area contributed by atoms with Crippen LogP contribution in [-0.2, 0) is 0 Å². The second-order valence-corrected chi connectivity index (χ2v) is 4.77. The molecule has 1 aromatic carbocycles. The smallest absolute Gasteiger partial charge is 0.255 e. The number of carbonyl (C=O) groups excluding carboxylic acids is 1. The summed E-state index contributed by atoms with van der Waals surface area (Å²) in [6.45, 7) is 0. The molecule has 2 rings (SSSR count). The molecule has 0 radical (unpaired) electrons. The Morgan fingerprint density at radius 3 is 2.37 bits per heavy atom. The maximum absolute atomic E-state index is 13.0. The number of hydrogen-bond donors (Lipinski definition) is 1. The van der Waals surface area contributed by atoms with Crippen molar-refractivity contribution in [1.29, 1.82) is 0 Å². The molecule has 0 spiro atoms. The van der Waals surface area contributed by atoms with Crippen molar-refractivity contribution in [3.8, 4) is 0 Å². The summed E-state index contributed by atoms with van der Waals surface area (Å²) in [5.74, 6) is -1.06. The highest BCUT2D eigenvalue weighted by Crippen LogP contribution is 2.31. The van der Waals surface area contributed by atoms with Crippen molar-refractivity contribution in [3.63, 3.8) is 0 Å². The number of amides is 1. The molecule has 0 aliphatic rings. The molecule has 0 saturated heterocycles. The zero-order valence-corrected chi connectivity index (χ0v) is 11.5. The minimum absolute atomic E-state index is 0.0125. The summed E-state index contributed by atoms with van der Waals surface area (Å²) < 4.78 is 13.0. The minimum Gasteiger partial charge on any atom is -0.319 e. The van der Waals surface area contributed by atoms with Crippen LogP contribution in [0.3, 0.4) is 0 Å². The largest absolute Gasteiger partial charge is 0.319 e. The number of halogens is 4. The van der Waals surface area contributed by atoms with Gasteiger partial charge in [-0.25, -0.2) is 9.37 Å². The summed E-state index contributed by atoms with van der Waals surface area (Å²) in [5.41, 5.74) is 0.430. The van der Waals surface area contributed by atoms with Crippen molar-refractivity contribution in [2.75, 3.05) is 5.32 Å². The van der Waals surface area contributed by atoms with E-state index in [0.29, 0.717) is 0 Å². The quantitative estimate of drug-likeness (QED) is 0.832. The Hall–Kier alpha value is -1.36. The zero-order valence-electron chi connectivity index (χ0n) is 9.25. The van der Waals surface area contributed by atoms with Crippen LogP contribution in [0.1, 0.15) is 10.4 Å². The van der Waals surface area contributed by atoms with E-state index >= 15 is 0 Å². The van der Waals surface area contributed by atoms with E-state index in [1.54, 1.807) is 0 Å². The number of nitrogens with one attached hydrogen (secondary N) is 1. The molecule has 0 aliphatic heterocycles. The molecule has 1 N–H and O–H groups in total. The van der Waals surface area contributed by atoms with Gasteiger partial charge < -0.3 is 5.32 Å². The third-order valence-corrected chi connectivity index (χ3v) is 3.04. The van der Waals surface area contributed by atoms with Crippen LogP contribution >= 0.6 is 34.8 Å². The number of benzene rings is 1. The molecule has 0 unspecified atom stereocenters. The van der Waals surface area contributed by atoms with E-state index in [1.165, 1.54) is 18.3 Å². The average Bonchev–Trinajstić information content (AvgIpc) is 2.33. The summed E-state index contributed by atoms with van der Waals surface area (Å²) in [6.07, 6.45) is 1.39. The number of nitrogens with zero attached hydrogens (tertiary/aromatic N) is 1. The molecule has 0 atom stereocenters. The molecular formula is C12H6Cl3FN2O. The third-order valence-electron chi connectivity index (χ3n) is 2.23. The van der Waals surface area contributed by atoms with Crippen LogP contribution in [0.15, 0.2) is 30.5 Å². The molecule has 3 nitrogen and oxygen atoms in total. The van der Waals surface area contributed by atoms with Crippen molar-refractivity contribution in [3.05, 3.63) is 57.0 Å². The number of hydrogen-bond acceptors (Lipinski definition) is 2. The second-order valence-electron chi connectivity index (χ2n) is 3.57. The predicted molar refractivity (Wildman–Crippen MR) is 73.6 cm³/mol. The molecule has 0 fully saturated rings. The first-order valence-electron chi connectivity index (χ1n) is 5.05. The van der Waals surface area contributed by atoms with Crippen LogP contribution in [-0.4, -0.2) is 10.9 Å². The van der Waals surface area contributed by atoms with Crippen LogP contribution in [0.4, 0.5) is 10.1 Å². The van der Waals surface area contributed by atoms with Gasteiger partial charge in [-0.3, -0.25) is 4.79 Å². The fourth-order valence-corrected chi connectivity index (χ4v) is 2.12. The zero-order chi connectivity index (χ0) is 14.0. The van der Waals surface area contributed by atoms with Crippen molar-refractivity contribution in [2.45, 2.75) is 0 Å². The summed E-state index contributed by atoms with van der Waals surface area (Å²) in [4.78, 5) is 15.7. The number of anilines is 1. The molecule has 98 valence electrons. The molecule has 19 heavy (non-hydrogen) atoms. The van der Waals surface area contributed by atoms with E-state index < -0.39 is 11.7 Å². The normalized spacial score (nSPS) is 10.3. The first-order chi connectivity index (χ1) is 8.97. The van der Waals surface area contributed by atoms with E-state index in [1.807, 2.05) is 0 Å². The highest BCUT2D eigenvalue weighted by Gasteiger charge is 2.13. The topological polar surface area (TPSA) is 42.0 Å². The molecule has 0 saturated carbocycles. The van der Waals surface area contributed by atoms with E-state index in [2.05, 4.69) is 10.3 Å². The van der Waals surface area contributed by atoms with Crippen molar-refractivity contribution < 1.29 is 9.18 Å². The maximum atomic E-state index is 13.0. The Kier molecular flexibility index (Phi) is 4.24. The second kappa shape index (κ2) is 5.74. The van der Waals surface area contributed by atoms with Crippen molar-refractivity contribution in [2.24, 2.45) is 0 Å². The molecule has 1 heterocycles. The number of rotatable bonds is 2. The highest BCUT2D eigenvalue weighted by molar-refractivity contribution is 6.40. The van der Waals surface area contributed by atoms with Crippen LogP contribution in [0, 0.1) is 5.82 Å². The van der Waals surface area contributed by atoms with Gasteiger partial charge in [0.05, 0.1) is 15.7 Å². The average molecular weight is 320 g/mol. The summed E-state index contributed by atoms with van der Waals surface area (Å²) in [5, 5.41) is 2.70. The number of carbonyl (C=O) groups is 1. The van der Waals surface area contributed by atoms with Gasteiger partial charge in [-0.2, -0.15) is 0 Å². The fourth-order valence-electron chi connectivity index (χ4n) is 1.39. The molecule has 2 aromatic rings. The van der Waals surface area contributed by atoms with Crippen LogP contribution in [0.5, 0.6) is 0 Å². The Morgan fingerprint density at radius 2 is 1.79 bits per heavy atom. The summed E-state index contributed by atoms with van der Waals surface area (Å²) in [7, 11) is 0. The predicted octanol–water partition coefficient (Wildman–Crippen LogP) is 4.43. The first kappa shape index (κ1) is 14.1. The summed E-state index contributed by atoms with van der Waals surface area (Å²) in [6, 6.07) is 4.99. The first-order valence-corrected chi connectivity index (χ1v) is 6.18. The van der Waals surface area contributed by atoms with Gasteiger partial charge in [-0.05, 0) is 24.3 Å². The lowest BCUT2D eigenvalue weighted by Gasteiger charge is -2.09. The Labute approximate surface area is 123 Å². The van der Waals surface area contributed by atoms with Gasteiger partial charge in [0, 0.05) is 11.8 Å². The Balaban J connectivity index is 2.29. The van der Waals surface area contributed by atoms with E-state index in [0.717, 1.165) is 12.1 Å². The van der Waals surface area contributed by atoms with Gasteiger partial charge in [-0.15, -0.1) is 0 Å². The highest BCUT2D eigenvalue weighted by atomic mass is 35.5. The van der Waals surface area contributed by atoms with Gasteiger partial charge >= 0.3 is 0 Å². The Bertz CT molecular complexity index is 626. The monoisotopic (exact) mass is 318 g/mol. The lowest BCUT2D eigenvalue weighted by molar-refractivity contribution is 0.102. The van der Waals surface area contributed by atoms with Crippen LogP contribution in [0.2, 0.25) is 15.2 Å². The molecule has 7 heteroatoms. The third kappa shape index (κ3) is 3.35. The summed E-state index contributed by atoms with van der Waals surface area (Å²) >= 11 is 17.3. The molecular weight excluding hydrogens is 314 g/mol. The van der Waals surface area contributed by atoms with E-state index in [4.69, 9.17) is 34.8 Å². The standard InChI is InChI=1S/C12H6Cl3FN2O/c13-8-4-7(16)5-9(14)11(8)18-12(19)6-1-2-17-10(15)3-6/h1-5H,(H,18,19). The number of aromatic nitrogens is 1. The van der Waals surface area contributed by atoms with Crippen molar-refractivity contribution in [1.82, 2.24) is 4.98 Å². The van der Waals surface area contributed by atoms with Crippen molar-refractivity contribution >= 4 is 46.4 Å². The molecule has 0 aliphatic carbocycles. The van der Waals surface area contributed by atoms with Crippen LogP contribution < -0.4 is 5.32 Å². The SMILES string of the molecule is O=C(Nc1c(Cl)cc(F)cc1Cl)c1ccnc(Cl)c1. The van der Waals surface area contributed by atoms with Gasteiger partial charge in [0.15, 0.2) is 0 Å². The fraction of sp³-hybridized carbons (Fsp3) is 0. The van der Waals surface area contributed by atoms with Gasteiger partial charge in [-0.1, -0.05) is 34.8 Å². The minimum atomic E-state index is -0.583. The lowest BCUT2D eigenvalue weighted by atomic mass is 10.2. The Morgan fingerprint density at radius 1 is 1.16 bits per heavy atom.